The molecular weight excluding hydrogens is 306 g/mol. The minimum Gasteiger partial charge on any atom is -0.506 e. The number of nitriles is 1. The minimum absolute atomic E-state index is 0.0647. The summed E-state index contributed by atoms with van der Waals surface area (Å²) in [5.41, 5.74) is 1.04. The van der Waals surface area contributed by atoms with E-state index in [1.165, 1.54) is 12.3 Å². The quantitative estimate of drug-likeness (QED) is 0.431. The van der Waals surface area contributed by atoms with Crippen molar-refractivity contribution in [2.45, 2.75) is 6.54 Å². The number of anilines is 1. The molecule has 0 heterocycles. The number of benzene rings is 2. The van der Waals surface area contributed by atoms with E-state index in [2.05, 4.69) is 10.6 Å². The zero-order valence-corrected chi connectivity index (χ0v) is 13.1. The van der Waals surface area contributed by atoms with Crippen molar-refractivity contribution < 1.29 is 14.6 Å². The maximum atomic E-state index is 12.1. The maximum absolute atomic E-state index is 12.1. The maximum Gasteiger partial charge on any atom is 0.267 e. The van der Waals surface area contributed by atoms with E-state index >= 15 is 0 Å². The lowest BCUT2D eigenvalue weighted by Crippen LogP contribution is -2.16. The summed E-state index contributed by atoms with van der Waals surface area (Å²) >= 11 is 0. The molecule has 0 aromatic heterocycles. The zero-order chi connectivity index (χ0) is 17.4. The van der Waals surface area contributed by atoms with Gasteiger partial charge in [-0.05, 0) is 18.2 Å². The van der Waals surface area contributed by atoms with E-state index in [1.54, 1.807) is 25.3 Å². The van der Waals surface area contributed by atoms with Gasteiger partial charge in [-0.2, -0.15) is 5.26 Å². The summed E-state index contributed by atoms with van der Waals surface area (Å²) in [4.78, 5) is 12.1. The third-order valence-electron chi connectivity index (χ3n) is 3.25. The van der Waals surface area contributed by atoms with E-state index in [-0.39, 0.29) is 17.0 Å². The van der Waals surface area contributed by atoms with E-state index in [0.29, 0.717) is 6.54 Å². The van der Waals surface area contributed by atoms with Crippen molar-refractivity contribution in [3.05, 3.63) is 65.9 Å². The summed E-state index contributed by atoms with van der Waals surface area (Å²) < 4.78 is 5.24. The third kappa shape index (κ3) is 4.27. The van der Waals surface area contributed by atoms with Crippen molar-refractivity contribution in [2.24, 2.45) is 0 Å². The van der Waals surface area contributed by atoms with Gasteiger partial charge in [0.2, 0.25) is 0 Å². The number of amides is 1. The molecule has 6 nitrogen and oxygen atoms in total. The number of nitrogens with zero attached hydrogens (tertiary/aromatic N) is 1. The van der Waals surface area contributed by atoms with Crippen molar-refractivity contribution in [3.63, 3.8) is 0 Å². The highest BCUT2D eigenvalue weighted by molar-refractivity contribution is 6.07. The Morgan fingerprint density at radius 3 is 2.67 bits per heavy atom. The fourth-order valence-electron chi connectivity index (χ4n) is 2.03. The Hall–Kier alpha value is -3.46. The van der Waals surface area contributed by atoms with Gasteiger partial charge in [0.25, 0.3) is 5.91 Å². The van der Waals surface area contributed by atoms with E-state index < -0.39 is 5.91 Å². The smallest absolute Gasteiger partial charge is 0.267 e. The standard InChI is InChI=1S/C18H17N3O3/c1-24-17-9-5-2-6-13(17)11-20-12-14(10-19)18(23)21-15-7-3-4-8-16(15)22/h2-9,12,20,22H,11H2,1H3,(H,21,23)/b14-12-. The van der Waals surface area contributed by atoms with Crippen LogP contribution < -0.4 is 15.4 Å². The molecular formula is C18H17N3O3. The van der Waals surface area contributed by atoms with Crippen molar-refractivity contribution in [2.75, 3.05) is 12.4 Å². The molecule has 2 rings (SSSR count). The highest BCUT2D eigenvalue weighted by Gasteiger charge is 2.11. The van der Waals surface area contributed by atoms with Crippen LogP contribution in [0.4, 0.5) is 5.69 Å². The molecule has 0 saturated heterocycles. The molecule has 3 N–H and O–H groups in total. The minimum atomic E-state index is -0.605. The Morgan fingerprint density at radius 1 is 1.25 bits per heavy atom. The predicted molar refractivity (Wildman–Crippen MR) is 90.3 cm³/mol. The highest BCUT2D eigenvalue weighted by Crippen LogP contribution is 2.22. The number of carbonyl (C=O) groups is 1. The number of rotatable bonds is 6. The van der Waals surface area contributed by atoms with Gasteiger partial charge in [0, 0.05) is 18.3 Å². The van der Waals surface area contributed by atoms with Crippen LogP contribution in [0.1, 0.15) is 5.56 Å². The Kier molecular flexibility index (Phi) is 5.81. The summed E-state index contributed by atoms with van der Waals surface area (Å²) in [7, 11) is 1.58. The van der Waals surface area contributed by atoms with Gasteiger partial charge in [0.15, 0.2) is 0 Å². The van der Waals surface area contributed by atoms with Gasteiger partial charge in [0.1, 0.15) is 23.1 Å². The van der Waals surface area contributed by atoms with Crippen LogP contribution in [0.25, 0.3) is 0 Å². The molecule has 0 unspecified atom stereocenters. The summed E-state index contributed by atoms with van der Waals surface area (Å²) in [5.74, 6) is 0.0483. The van der Waals surface area contributed by atoms with Crippen molar-refractivity contribution in [3.8, 4) is 17.6 Å². The van der Waals surface area contributed by atoms with Gasteiger partial charge in [-0.3, -0.25) is 4.79 Å². The molecule has 0 bridgehead atoms. The fourth-order valence-corrected chi connectivity index (χ4v) is 2.03. The molecule has 0 saturated carbocycles. The van der Waals surface area contributed by atoms with E-state index in [0.717, 1.165) is 11.3 Å². The molecule has 1 amide bonds. The van der Waals surface area contributed by atoms with Gasteiger partial charge in [-0.25, -0.2) is 0 Å². The lowest BCUT2D eigenvalue weighted by molar-refractivity contribution is -0.112. The number of para-hydroxylation sites is 3. The molecule has 24 heavy (non-hydrogen) atoms. The van der Waals surface area contributed by atoms with Crippen LogP contribution in [0, 0.1) is 11.3 Å². The molecule has 0 radical (unpaired) electrons. The molecule has 6 heteroatoms. The molecule has 0 aliphatic rings. The van der Waals surface area contributed by atoms with Gasteiger partial charge < -0.3 is 20.5 Å². The molecule has 0 atom stereocenters. The first-order valence-electron chi connectivity index (χ1n) is 7.20. The number of phenolic OH excluding ortho intramolecular Hbond substituents is 1. The number of phenols is 1. The summed E-state index contributed by atoms with van der Waals surface area (Å²) in [6.07, 6.45) is 1.34. The molecule has 0 aliphatic heterocycles. The van der Waals surface area contributed by atoms with Crippen LogP contribution in [-0.2, 0) is 11.3 Å². The van der Waals surface area contributed by atoms with Crippen LogP contribution >= 0.6 is 0 Å². The van der Waals surface area contributed by atoms with Crippen molar-refractivity contribution in [1.82, 2.24) is 5.32 Å². The first-order chi connectivity index (χ1) is 11.7. The lowest BCUT2D eigenvalue weighted by atomic mass is 10.2. The van der Waals surface area contributed by atoms with E-state index in [4.69, 9.17) is 10.00 Å². The largest absolute Gasteiger partial charge is 0.506 e. The van der Waals surface area contributed by atoms with Crippen LogP contribution in [0.15, 0.2) is 60.3 Å². The van der Waals surface area contributed by atoms with Crippen molar-refractivity contribution >= 4 is 11.6 Å². The zero-order valence-electron chi connectivity index (χ0n) is 13.1. The Labute approximate surface area is 140 Å². The number of hydrogen-bond acceptors (Lipinski definition) is 5. The average Bonchev–Trinajstić information content (AvgIpc) is 2.61. The third-order valence-corrected chi connectivity index (χ3v) is 3.25. The second-order valence-electron chi connectivity index (χ2n) is 4.83. The molecule has 0 spiro atoms. The average molecular weight is 323 g/mol. The topological polar surface area (TPSA) is 94.4 Å². The van der Waals surface area contributed by atoms with Gasteiger partial charge in [-0.15, -0.1) is 0 Å². The Morgan fingerprint density at radius 2 is 1.96 bits per heavy atom. The van der Waals surface area contributed by atoms with Crippen LogP contribution in [0.3, 0.4) is 0 Å². The van der Waals surface area contributed by atoms with Gasteiger partial charge in [0.05, 0.1) is 12.8 Å². The number of carbonyl (C=O) groups excluding carboxylic acids is 1. The number of nitrogens with one attached hydrogen (secondary N) is 2. The van der Waals surface area contributed by atoms with Gasteiger partial charge in [-0.1, -0.05) is 30.3 Å². The molecule has 0 fully saturated rings. The first kappa shape index (κ1) is 16.9. The first-order valence-corrected chi connectivity index (χ1v) is 7.20. The molecule has 2 aromatic rings. The summed E-state index contributed by atoms with van der Waals surface area (Å²) in [6.45, 7) is 0.402. The normalized spacial score (nSPS) is 10.6. The van der Waals surface area contributed by atoms with Crippen LogP contribution in [-0.4, -0.2) is 18.1 Å². The molecule has 2 aromatic carbocycles. The summed E-state index contributed by atoms with van der Waals surface area (Å²) in [6, 6.07) is 15.6. The van der Waals surface area contributed by atoms with Crippen LogP contribution in [0.5, 0.6) is 11.5 Å². The highest BCUT2D eigenvalue weighted by atomic mass is 16.5. The van der Waals surface area contributed by atoms with Gasteiger partial charge >= 0.3 is 0 Å². The van der Waals surface area contributed by atoms with E-state index in [1.807, 2.05) is 30.3 Å². The molecule has 122 valence electrons. The summed E-state index contributed by atoms with van der Waals surface area (Å²) in [5, 5.41) is 24.2. The number of ether oxygens (including phenoxy) is 1. The lowest BCUT2D eigenvalue weighted by Gasteiger charge is -2.09. The van der Waals surface area contributed by atoms with Crippen LogP contribution in [0.2, 0.25) is 0 Å². The monoisotopic (exact) mass is 323 g/mol. The van der Waals surface area contributed by atoms with Crippen molar-refractivity contribution in [1.29, 1.82) is 5.26 Å². The Bertz CT molecular complexity index is 794. The second-order valence-corrected chi connectivity index (χ2v) is 4.83. The van der Waals surface area contributed by atoms with E-state index in [9.17, 15) is 9.90 Å². The second kappa shape index (κ2) is 8.25. The number of methoxy groups -OCH3 is 1. The predicted octanol–water partition coefficient (Wildman–Crippen LogP) is 2.54. The molecule has 0 aliphatic carbocycles. The Balaban J connectivity index is 2.03. The number of hydrogen-bond donors (Lipinski definition) is 3. The number of aromatic hydroxyl groups is 1. The fraction of sp³-hybridized carbons (Fsp3) is 0.111. The SMILES string of the molecule is COc1ccccc1CN/C=C(/C#N)C(=O)Nc1ccccc1O.